The van der Waals surface area contributed by atoms with Gasteiger partial charge in [0.25, 0.3) is 0 Å². The van der Waals surface area contributed by atoms with Crippen LogP contribution in [0.2, 0.25) is 10.0 Å². The Morgan fingerprint density at radius 1 is 1.21 bits per heavy atom. The Hall–Kier alpha value is -0.520. The van der Waals surface area contributed by atoms with Crippen molar-refractivity contribution in [1.29, 1.82) is 0 Å². The Kier molecular flexibility index (Phi) is 6.36. The summed E-state index contributed by atoms with van der Waals surface area (Å²) >= 11 is 13.4. The second kappa shape index (κ2) is 7.31. The van der Waals surface area contributed by atoms with Crippen LogP contribution in [0, 0.1) is 0 Å². The summed E-state index contributed by atoms with van der Waals surface area (Å²) in [5.41, 5.74) is 6.69. The van der Waals surface area contributed by atoms with Gasteiger partial charge in [-0.15, -0.1) is 23.7 Å². The van der Waals surface area contributed by atoms with Crippen LogP contribution in [0.4, 0.5) is 5.13 Å². The number of aromatic nitrogens is 1. The summed E-state index contributed by atoms with van der Waals surface area (Å²) in [4.78, 5) is 7.34. The Balaban J connectivity index is 0.00000180. The molecule has 0 aliphatic carbocycles. The SMILES string of the molecule is CN(Cc1cc(Cl)cc(Cl)c1)Cc1cnc(N)s1.Cl. The van der Waals surface area contributed by atoms with Crippen molar-refractivity contribution in [3.63, 3.8) is 0 Å². The van der Waals surface area contributed by atoms with Crippen molar-refractivity contribution in [2.24, 2.45) is 0 Å². The van der Waals surface area contributed by atoms with Crippen LogP contribution in [0.25, 0.3) is 0 Å². The van der Waals surface area contributed by atoms with Gasteiger partial charge in [0, 0.05) is 34.2 Å². The summed E-state index contributed by atoms with van der Waals surface area (Å²) in [6, 6.07) is 5.58. The van der Waals surface area contributed by atoms with E-state index >= 15 is 0 Å². The molecule has 0 bridgehead atoms. The summed E-state index contributed by atoms with van der Waals surface area (Å²) in [6.45, 7) is 1.58. The molecule has 0 aliphatic heterocycles. The number of anilines is 1. The fourth-order valence-electron chi connectivity index (χ4n) is 1.73. The van der Waals surface area contributed by atoms with E-state index in [-0.39, 0.29) is 12.4 Å². The predicted octanol–water partition coefficient (Wildman–Crippen LogP) is 4.09. The van der Waals surface area contributed by atoms with E-state index < -0.39 is 0 Å². The average molecular weight is 339 g/mol. The molecule has 1 heterocycles. The summed E-state index contributed by atoms with van der Waals surface area (Å²) in [5, 5.41) is 1.92. The minimum absolute atomic E-state index is 0. The van der Waals surface area contributed by atoms with Gasteiger partial charge < -0.3 is 5.73 Å². The third-order valence-corrected chi connectivity index (χ3v) is 3.62. The number of nitrogens with two attached hydrogens (primary N) is 1. The van der Waals surface area contributed by atoms with Crippen LogP contribution in [0.1, 0.15) is 10.4 Å². The van der Waals surface area contributed by atoms with Crippen LogP contribution in [0.5, 0.6) is 0 Å². The highest BCUT2D eigenvalue weighted by Crippen LogP contribution is 2.21. The largest absolute Gasteiger partial charge is 0.375 e. The Morgan fingerprint density at radius 2 is 1.84 bits per heavy atom. The van der Waals surface area contributed by atoms with Crippen molar-refractivity contribution in [2.45, 2.75) is 13.1 Å². The van der Waals surface area contributed by atoms with Crippen molar-refractivity contribution in [3.8, 4) is 0 Å². The van der Waals surface area contributed by atoms with Crippen LogP contribution >= 0.6 is 46.9 Å². The van der Waals surface area contributed by atoms with Gasteiger partial charge in [-0.25, -0.2) is 4.98 Å². The van der Waals surface area contributed by atoms with Gasteiger partial charge >= 0.3 is 0 Å². The molecule has 104 valence electrons. The number of halogens is 3. The summed E-state index contributed by atoms with van der Waals surface area (Å²) in [7, 11) is 2.03. The van der Waals surface area contributed by atoms with Crippen LogP contribution < -0.4 is 5.73 Å². The lowest BCUT2D eigenvalue weighted by Gasteiger charge is -2.15. The fraction of sp³-hybridized carbons (Fsp3) is 0.250. The second-order valence-corrected chi connectivity index (χ2v) is 6.13. The van der Waals surface area contributed by atoms with Crippen LogP contribution in [-0.2, 0) is 13.1 Å². The van der Waals surface area contributed by atoms with Crippen LogP contribution in [-0.4, -0.2) is 16.9 Å². The number of benzene rings is 1. The number of nitrogen functional groups attached to an aromatic ring is 1. The molecule has 1 aromatic carbocycles. The molecule has 0 atom stereocenters. The lowest BCUT2D eigenvalue weighted by Crippen LogP contribution is -2.16. The first-order chi connectivity index (χ1) is 8.52. The Morgan fingerprint density at radius 3 is 2.37 bits per heavy atom. The van der Waals surface area contributed by atoms with E-state index in [0.717, 1.165) is 23.5 Å². The summed E-state index contributed by atoms with van der Waals surface area (Å²) in [6.07, 6.45) is 1.81. The molecule has 0 fully saturated rings. The molecule has 19 heavy (non-hydrogen) atoms. The number of thiazole rings is 1. The van der Waals surface area contributed by atoms with Crippen molar-refractivity contribution >= 4 is 52.1 Å². The molecule has 0 spiro atoms. The molecule has 0 radical (unpaired) electrons. The quantitative estimate of drug-likeness (QED) is 0.913. The van der Waals surface area contributed by atoms with Crippen LogP contribution in [0.15, 0.2) is 24.4 Å². The van der Waals surface area contributed by atoms with E-state index in [4.69, 9.17) is 28.9 Å². The highest BCUT2D eigenvalue weighted by Gasteiger charge is 2.06. The smallest absolute Gasteiger partial charge is 0.180 e. The molecule has 2 rings (SSSR count). The number of nitrogens with zero attached hydrogens (tertiary/aromatic N) is 2. The molecule has 2 N–H and O–H groups in total. The lowest BCUT2D eigenvalue weighted by molar-refractivity contribution is 0.322. The Bertz CT molecular complexity index is 525. The van der Waals surface area contributed by atoms with Gasteiger partial charge in [-0.2, -0.15) is 0 Å². The lowest BCUT2D eigenvalue weighted by atomic mass is 10.2. The van der Waals surface area contributed by atoms with Crippen molar-refractivity contribution in [1.82, 2.24) is 9.88 Å². The molecule has 0 aliphatic rings. The molecule has 1 aromatic heterocycles. The number of hydrogen-bond donors (Lipinski definition) is 1. The highest BCUT2D eigenvalue weighted by atomic mass is 35.5. The third kappa shape index (κ3) is 5.16. The van der Waals surface area contributed by atoms with E-state index in [1.54, 1.807) is 12.3 Å². The van der Waals surface area contributed by atoms with Crippen LogP contribution in [0.3, 0.4) is 0 Å². The van der Waals surface area contributed by atoms with Gasteiger partial charge in [0.1, 0.15) is 0 Å². The minimum atomic E-state index is 0. The second-order valence-electron chi connectivity index (χ2n) is 4.11. The van der Waals surface area contributed by atoms with E-state index in [1.807, 2.05) is 19.2 Å². The zero-order valence-corrected chi connectivity index (χ0v) is 13.4. The zero-order chi connectivity index (χ0) is 13.1. The standard InChI is InChI=1S/C12H13Cl2N3S.ClH/c1-17(7-11-5-16-12(15)18-11)6-8-2-9(13)4-10(14)3-8;/h2-5H,6-7H2,1H3,(H2,15,16);1H. The molecule has 7 heteroatoms. The van der Waals surface area contributed by atoms with Gasteiger partial charge in [-0.3, -0.25) is 4.90 Å². The maximum Gasteiger partial charge on any atom is 0.180 e. The number of rotatable bonds is 4. The normalized spacial score (nSPS) is 10.5. The predicted molar refractivity (Wildman–Crippen MR) is 85.4 cm³/mol. The third-order valence-electron chi connectivity index (χ3n) is 2.37. The molecular formula is C12H14Cl3N3S. The van der Waals surface area contributed by atoms with E-state index in [2.05, 4.69) is 9.88 Å². The monoisotopic (exact) mass is 337 g/mol. The van der Waals surface area contributed by atoms with E-state index in [9.17, 15) is 0 Å². The molecule has 3 nitrogen and oxygen atoms in total. The highest BCUT2D eigenvalue weighted by molar-refractivity contribution is 7.15. The Labute approximate surface area is 132 Å². The van der Waals surface area contributed by atoms with Crippen molar-refractivity contribution in [2.75, 3.05) is 12.8 Å². The first-order valence-electron chi connectivity index (χ1n) is 5.36. The van der Waals surface area contributed by atoms with Gasteiger partial charge in [0.05, 0.1) is 0 Å². The van der Waals surface area contributed by atoms with Gasteiger partial charge in [0.15, 0.2) is 5.13 Å². The maximum atomic E-state index is 5.97. The summed E-state index contributed by atoms with van der Waals surface area (Å²) in [5.74, 6) is 0. The van der Waals surface area contributed by atoms with Crippen molar-refractivity contribution in [3.05, 3.63) is 44.9 Å². The van der Waals surface area contributed by atoms with Gasteiger partial charge in [-0.1, -0.05) is 23.2 Å². The first-order valence-corrected chi connectivity index (χ1v) is 6.94. The molecular weight excluding hydrogens is 325 g/mol. The fourth-order valence-corrected chi connectivity index (χ4v) is 3.07. The van der Waals surface area contributed by atoms with E-state index in [0.29, 0.717) is 15.2 Å². The molecule has 0 unspecified atom stereocenters. The van der Waals surface area contributed by atoms with Crippen molar-refractivity contribution < 1.29 is 0 Å². The van der Waals surface area contributed by atoms with Gasteiger partial charge in [-0.05, 0) is 30.8 Å². The van der Waals surface area contributed by atoms with Gasteiger partial charge in [0.2, 0.25) is 0 Å². The molecule has 2 aromatic rings. The summed E-state index contributed by atoms with van der Waals surface area (Å²) < 4.78 is 0. The maximum absolute atomic E-state index is 5.97. The average Bonchev–Trinajstić information content (AvgIpc) is 2.61. The number of hydrogen-bond acceptors (Lipinski definition) is 4. The zero-order valence-electron chi connectivity index (χ0n) is 10.3. The first kappa shape index (κ1) is 16.5. The van der Waals surface area contributed by atoms with E-state index in [1.165, 1.54) is 11.3 Å². The molecule has 0 saturated heterocycles. The topological polar surface area (TPSA) is 42.2 Å². The molecule has 0 saturated carbocycles. The minimum Gasteiger partial charge on any atom is -0.375 e. The molecule has 0 amide bonds.